The number of hydrogen-bond acceptors (Lipinski definition) is 8. The monoisotopic (exact) mass is 918 g/mol. The Balaban J connectivity index is 0.000000208. The van der Waals surface area contributed by atoms with Crippen LogP contribution in [0.25, 0.3) is 0 Å². The molecule has 0 spiro atoms. The largest absolute Gasteiger partial charge is 0.358 e. The minimum atomic E-state index is -0.0714. The number of carbonyl (C=O) groups is 2. The maximum Gasteiger partial charge on any atom is 0.167 e. The average Bonchev–Trinajstić information content (AvgIpc) is 3.11. The maximum absolute atomic E-state index is 12.9. The molecule has 0 heterocycles. The molecule has 280 valence electrons. The second-order valence-corrected chi connectivity index (χ2v) is 20.1. The highest BCUT2D eigenvalue weighted by Crippen LogP contribution is 2.41. The quantitative estimate of drug-likeness (QED) is 0.153. The Morgan fingerprint density at radius 2 is 0.889 bits per heavy atom. The zero-order valence-electron chi connectivity index (χ0n) is 30.8. The van der Waals surface area contributed by atoms with Gasteiger partial charge in [-0.2, -0.15) is 0 Å². The molecule has 0 fully saturated rings. The molecular formula is C44H44Br2N2O2S4. The molecule has 4 nitrogen and oxygen atoms in total. The van der Waals surface area contributed by atoms with Crippen molar-refractivity contribution in [1.82, 2.24) is 0 Å². The van der Waals surface area contributed by atoms with Gasteiger partial charge in [0.15, 0.2) is 11.6 Å². The number of rotatable bonds is 10. The Labute approximate surface area is 356 Å². The van der Waals surface area contributed by atoms with Crippen LogP contribution in [0.5, 0.6) is 0 Å². The van der Waals surface area contributed by atoms with Gasteiger partial charge in [-0.05, 0) is 83.3 Å². The number of nitrogens with one attached hydrogen (secondary N) is 2. The Hall–Kier alpha value is -2.86. The first-order valence-electron chi connectivity index (χ1n) is 17.7. The summed E-state index contributed by atoms with van der Waals surface area (Å²) in [4.78, 5) is 25.8. The summed E-state index contributed by atoms with van der Waals surface area (Å²) in [5, 5.41) is 6.92. The maximum atomic E-state index is 12.9. The Morgan fingerprint density at radius 3 is 1.22 bits per heavy atom. The van der Waals surface area contributed by atoms with Gasteiger partial charge in [0, 0.05) is 56.1 Å². The van der Waals surface area contributed by atoms with E-state index in [4.69, 9.17) is 24.4 Å². The molecule has 0 aromatic heterocycles. The lowest BCUT2D eigenvalue weighted by Crippen LogP contribution is -2.30. The van der Waals surface area contributed by atoms with Crippen molar-refractivity contribution in [3.63, 3.8) is 0 Å². The molecule has 0 atom stereocenters. The predicted octanol–water partition coefficient (Wildman–Crippen LogP) is 13.5. The van der Waals surface area contributed by atoms with Gasteiger partial charge in [0.05, 0.1) is 19.5 Å². The minimum Gasteiger partial charge on any atom is -0.358 e. The van der Waals surface area contributed by atoms with Crippen molar-refractivity contribution in [3.8, 4) is 0 Å². The minimum absolute atomic E-state index is 0.0714. The second kappa shape index (κ2) is 19.3. The molecule has 4 aromatic rings. The fourth-order valence-corrected chi connectivity index (χ4v) is 9.43. The summed E-state index contributed by atoms with van der Waals surface area (Å²) in [5.74, 6) is 1.81. The van der Waals surface area contributed by atoms with Crippen molar-refractivity contribution >= 4 is 111 Å². The van der Waals surface area contributed by atoms with E-state index < -0.39 is 0 Å². The lowest BCUT2D eigenvalue weighted by atomic mass is 9.76. The molecule has 0 bridgehead atoms. The van der Waals surface area contributed by atoms with E-state index in [1.54, 1.807) is 23.5 Å². The van der Waals surface area contributed by atoms with Gasteiger partial charge in [0.25, 0.3) is 0 Å². The van der Waals surface area contributed by atoms with Crippen molar-refractivity contribution in [2.75, 3.05) is 10.6 Å². The summed E-state index contributed by atoms with van der Waals surface area (Å²) >= 11 is 21.4. The summed E-state index contributed by atoms with van der Waals surface area (Å²) in [7, 11) is 0. The van der Waals surface area contributed by atoms with E-state index in [1.807, 2.05) is 84.9 Å². The van der Waals surface area contributed by atoms with E-state index in [0.717, 1.165) is 56.1 Å². The van der Waals surface area contributed by atoms with E-state index in [-0.39, 0.29) is 22.4 Å². The third-order valence-electron chi connectivity index (χ3n) is 8.86. The first kappa shape index (κ1) is 42.3. The van der Waals surface area contributed by atoms with Crippen LogP contribution >= 0.6 is 79.8 Å². The van der Waals surface area contributed by atoms with Gasteiger partial charge in [-0.3, -0.25) is 9.59 Å². The fourth-order valence-electron chi connectivity index (χ4n) is 6.33. The van der Waals surface area contributed by atoms with Crippen LogP contribution in [0.3, 0.4) is 0 Å². The lowest BCUT2D eigenvalue weighted by molar-refractivity contribution is -0.118. The van der Waals surface area contributed by atoms with E-state index in [1.165, 1.54) is 11.1 Å². The molecule has 2 aliphatic carbocycles. The lowest BCUT2D eigenvalue weighted by Gasteiger charge is -2.32. The SMILES string of the molecule is CC1(C)CC(=O)C(C(=S)SCc2ccccc2)=C(Nc2ccc(Br)cc2)C1.CC1(C)CC(=O)C(C(=S)SCc2ccccc2)=C(Nc2ccc(Br)cc2)C1. The summed E-state index contributed by atoms with van der Waals surface area (Å²) in [6, 6.07) is 36.4. The van der Waals surface area contributed by atoms with Crippen LogP contribution in [0.15, 0.2) is 141 Å². The van der Waals surface area contributed by atoms with Crippen molar-refractivity contribution in [2.24, 2.45) is 10.8 Å². The average molecular weight is 921 g/mol. The van der Waals surface area contributed by atoms with Crippen molar-refractivity contribution in [1.29, 1.82) is 0 Å². The highest BCUT2D eigenvalue weighted by Gasteiger charge is 2.36. The van der Waals surface area contributed by atoms with Gasteiger partial charge >= 0.3 is 0 Å². The predicted molar refractivity (Wildman–Crippen MR) is 246 cm³/mol. The number of ketones is 2. The zero-order valence-corrected chi connectivity index (χ0v) is 37.3. The van der Waals surface area contributed by atoms with E-state index in [9.17, 15) is 9.59 Å². The highest BCUT2D eigenvalue weighted by molar-refractivity contribution is 9.10. The van der Waals surface area contributed by atoms with Crippen LogP contribution in [-0.4, -0.2) is 20.0 Å². The van der Waals surface area contributed by atoms with E-state index in [2.05, 4.69) is 94.5 Å². The zero-order chi connectivity index (χ0) is 38.9. The molecule has 54 heavy (non-hydrogen) atoms. The third kappa shape index (κ3) is 12.6. The van der Waals surface area contributed by atoms with Gasteiger partial charge in [0.2, 0.25) is 0 Å². The van der Waals surface area contributed by atoms with Gasteiger partial charge < -0.3 is 10.6 Å². The molecular weight excluding hydrogens is 877 g/mol. The number of halogens is 2. The standard InChI is InChI=1S/2C22H22BrNOS2/c2*1-22(2)12-18(24-17-10-8-16(23)9-11-17)20(19(25)13-22)21(26)27-14-15-6-4-3-5-7-15/h2*3-11,24H,12-14H2,1-2H3. The fraction of sp³-hybridized carbons (Fsp3) is 0.273. The highest BCUT2D eigenvalue weighted by atomic mass is 79.9. The van der Waals surface area contributed by atoms with Gasteiger partial charge in [-0.25, -0.2) is 0 Å². The van der Waals surface area contributed by atoms with Crippen LogP contribution in [0, 0.1) is 10.8 Å². The molecule has 6 rings (SSSR count). The van der Waals surface area contributed by atoms with Gasteiger partial charge in [-0.15, -0.1) is 23.5 Å². The van der Waals surface area contributed by atoms with Gasteiger partial charge in [-0.1, -0.05) is 145 Å². The van der Waals surface area contributed by atoms with Crippen LogP contribution in [0.2, 0.25) is 0 Å². The molecule has 2 N–H and O–H groups in total. The molecule has 0 aliphatic heterocycles. The molecule has 2 aliphatic rings. The number of carbonyl (C=O) groups excluding carboxylic acids is 2. The van der Waals surface area contributed by atoms with E-state index in [0.29, 0.717) is 32.4 Å². The van der Waals surface area contributed by atoms with Crippen LogP contribution in [0.4, 0.5) is 11.4 Å². The number of benzene rings is 4. The summed E-state index contributed by atoms with van der Waals surface area (Å²) in [6.07, 6.45) is 2.66. The summed E-state index contributed by atoms with van der Waals surface area (Å²) in [6.45, 7) is 8.52. The Kier molecular flexibility index (Phi) is 15.1. The molecule has 0 saturated carbocycles. The third-order valence-corrected chi connectivity index (χ3v) is 12.9. The van der Waals surface area contributed by atoms with Gasteiger partial charge in [0.1, 0.15) is 0 Å². The number of hydrogen-bond donors (Lipinski definition) is 2. The first-order valence-corrected chi connectivity index (χ1v) is 22.1. The number of thiocarbonyl (C=S) groups is 2. The van der Waals surface area contributed by atoms with Crippen molar-refractivity contribution < 1.29 is 9.59 Å². The summed E-state index contributed by atoms with van der Waals surface area (Å²) < 4.78 is 3.41. The van der Waals surface area contributed by atoms with Crippen LogP contribution in [0.1, 0.15) is 64.5 Å². The Bertz CT molecular complexity index is 1890. The number of thioether (sulfide) groups is 2. The Morgan fingerprint density at radius 1 is 0.556 bits per heavy atom. The van der Waals surface area contributed by atoms with Crippen LogP contribution < -0.4 is 10.6 Å². The molecule has 0 saturated heterocycles. The van der Waals surface area contributed by atoms with Crippen molar-refractivity contribution in [2.45, 2.75) is 64.9 Å². The molecule has 0 radical (unpaired) electrons. The molecule has 0 unspecified atom stereocenters. The number of allylic oxidation sites excluding steroid dienone is 2. The smallest absolute Gasteiger partial charge is 0.167 e. The summed E-state index contributed by atoms with van der Waals surface area (Å²) in [5.41, 5.74) is 7.44. The van der Waals surface area contributed by atoms with Crippen molar-refractivity contribution in [3.05, 3.63) is 152 Å². The molecule has 0 amide bonds. The molecule has 10 heteroatoms. The van der Waals surface area contributed by atoms with Crippen LogP contribution in [-0.2, 0) is 21.1 Å². The molecule has 4 aromatic carbocycles. The topological polar surface area (TPSA) is 58.2 Å². The normalized spacial score (nSPS) is 16.3. The van der Waals surface area contributed by atoms with E-state index >= 15 is 0 Å². The second-order valence-electron chi connectivity index (χ2n) is 15.0. The number of Topliss-reactive ketones (excluding diaryl/α,β-unsaturated/α-hetero) is 2. The first-order chi connectivity index (χ1) is 25.7. The number of anilines is 2.